The third-order valence-corrected chi connectivity index (χ3v) is 7.87. The van der Waals surface area contributed by atoms with Gasteiger partial charge in [0.2, 0.25) is 10.0 Å². The molecule has 0 saturated carbocycles. The largest absolute Gasteiger partial charge is 0.482 e. The number of halogens is 6. The van der Waals surface area contributed by atoms with Gasteiger partial charge in [-0.1, -0.05) is 11.6 Å². The van der Waals surface area contributed by atoms with E-state index in [1.54, 1.807) is 4.90 Å². The Morgan fingerprint density at radius 2 is 1.71 bits per heavy atom. The molecule has 1 aromatic carbocycles. The fourth-order valence-corrected chi connectivity index (χ4v) is 5.39. The number of sulfonamides is 1. The molecule has 2 aromatic rings. The molecular weight excluding hydrogens is 517 g/mol. The molecule has 0 N–H and O–H groups in total. The van der Waals surface area contributed by atoms with Crippen LogP contribution < -0.4 is 4.74 Å². The van der Waals surface area contributed by atoms with E-state index in [-0.39, 0.29) is 23.2 Å². The highest BCUT2D eigenvalue weighted by atomic mass is 35.5. The van der Waals surface area contributed by atoms with Crippen LogP contribution in [0.4, 0.5) is 22.0 Å². The van der Waals surface area contributed by atoms with Crippen LogP contribution in [0.2, 0.25) is 5.02 Å². The zero-order valence-corrected chi connectivity index (χ0v) is 20.2. The van der Waals surface area contributed by atoms with Gasteiger partial charge < -0.3 is 4.74 Å². The number of hydrogen-bond acceptors (Lipinski definition) is 5. The van der Waals surface area contributed by atoms with Crippen molar-refractivity contribution in [3.05, 3.63) is 57.9 Å². The van der Waals surface area contributed by atoms with Crippen LogP contribution in [0.3, 0.4) is 0 Å². The zero-order chi connectivity index (χ0) is 25.5. The van der Waals surface area contributed by atoms with Crippen LogP contribution in [0.5, 0.6) is 5.75 Å². The SMILES string of the molecule is CS(=O)(=O)N1CCC(c2cc(F)c(OC3CN(Cc4ncc(C(F)(F)F)cc4Cl)C3)c(F)c2)CC1. The molecule has 4 rings (SSSR count). The van der Waals surface area contributed by atoms with Gasteiger partial charge in [-0.05, 0) is 42.5 Å². The number of ether oxygens (including phenoxy) is 1. The second-order valence-corrected chi connectivity index (χ2v) is 11.2. The second-order valence-electron chi connectivity index (χ2n) is 8.83. The first-order valence-electron chi connectivity index (χ1n) is 10.9. The van der Waals surface area contributed by atoms with E-state index in [0.29, 0.717) is 50.8 Å². The van der Waals surface area contributed by atoms with Gasteiger partial charge in [-0.15, -0.1) is 0 Å². The molecule has 0 bridgehead atoms. The van der Waals surface area contributed by atoms with Crippen molar-refractivity contribution in [1.82, 2.24) is 14.2 Å². The summed E-state index contributed by atoms with van der Waals surface area (Å²) in [5.74, 6) is -2.32. The smallest absolute Gasteiger partial charge is 0.417 e. The topological polar surface area (TPSA) is 62.7 Å². The average Bonchev–Trinajstić information content (AvgIpc) is 2.73. The average molecular weight is 540 g/mol. The van der Waals surface area contributed by atoms with E-state index in [1.807, 2.05) is 0 Å². The summed E-state index contributed by atoms with van der Waals surface area (Å²) in [6.07, 6.45) is -2.27. The van der Waals surface area contributed by atoms with Gasteiger partial charge >= 0.3 is 6.18 Å². The predicted octanol–water partition coefficient (Wildman–Crippen LogP) is 4.43. The molecule has 13 heteroatoms. The summed E-state index contributed by atoms with van der Waals surface area (Å²) in [6, 6.07) is 3.26. The standard InChI is InChI=1S/C22H23ClF5N3O3S/c1-35(32,33)31-4-2-13(3-5-31)14-6-18(24)21(19(25)7-14)34-16-10-30(11-16)12-20-17(23)8-15(9-29-20)22(26,27)28/h6-9,13,16H,2-5,10-12H2,1H3. The molecule has 0 aliphatic carbocycles. The fraction of sp³-hybridized carbons (Fsp3) is 0.500. The van der Waals surface area contributed by atoms with Gasteiger partial charge in [-0.25, -0.2) is 21.5 Å². The van der Waals surface area contributed by atoms with Crippen molar-refractivity contribution in [1.29, 1.82) is 0 Å². The summed E-state index contributed by atoms with van der Waals surface area (Å²) < 4.78 is 97.7. The van der Waals surface area contributed by atoms with Crippen molar-refractivity contribution in [2.75, 3.05) is 32.4 Å². The van der Waals surface area contributed by atoms with E-state index in [2.05, 4.69) is 4.98 Å². The molecule has 2 saturated heterocycles. The minimum Gasteiger partial charge on any atom is -0.482 e. The molecule has 0 radical (unpaired) electrons. The van der Waals surface area contributed by atoms with Crippen molar-refractivity contribution >= 4 is 21.6 Å². The Balaban J connectivity index is 1.33. The number of rotatable bonds is 6. The van der Waals surface area contributed by atoms with Gasteiger partial charge in [0, 0.05) is 38.9 Å². The third kappa shape index (κ3) is 6.04. The highest BCUT2D eigenvalue weighted by Crippen LogP contribution is 2.35. The predicted molar refractivity (Wildman–Crippen MR) is 119 cm³/mol. The van der Waals surface area contributed by atoms with E-state index in [4.69, 9.17) is 16.3 Å². The van der Waals surface area contributed by atoms with Gasteiger partial charge in [-0.2, -0.15) is 13.2 Å². The minimum absolute atomic E-state index is 0.112. The first kappa shape index (κ1) is 26.1. The van der Waals surface area contributed by atoms with Crippen molar-refractivity contribution in [2.45, 2.75) is 37.6 Å². The maximum Gasteiger partial charge on any atom is 0.417 e. The van der Waals surface area contributed by atoms with Crippen molar-refractivity contribution in [3.8, 4) is 5.75 Å². The molecule has 6 nitrogen and oxygen atoms in total. The van der Waals surface area contributed by atoms with Crippen LogP contribution in [-0.4, -0.2) is 61.1 Å². The summed E-state index contributed by atoms with van der Waals surface area (Å²) in [7, 11) is -3.29. The molecule has 1 aromatic heterocycles. The Morgan fingerprint density at radius 1 is 1.11 bits per heavy atom. The van der Waals surface area contributed by atoms with Gasteiger partial charge in [0.1, 0.15) is 6.10 Å². The molecule has 0 atom stereocenters. The summed E-state index contributed by atoms with van der Waals surface area (Å²) in [6.45, 7) is 1.35. The monoisotopic (exact) mass is 539 g/mol. The quantitative estimate of drug-likeness (QED) is 0.508. The molecule has 0 unspecified atom stereocenters. The van der Waals surface area contributed by atoms with Gasteiger partial charge in [0.15, 0.2) is 17.4 Å². The van der Waals surface area contributed by atoms with E-state index < -0.39 is 45.3 Å². The Labute approximate surface area is 204 Å². The Morgan fingerprint density at radius 3 is 2.23 bits per heavy atom. The summed E-state index contributed by atoms with van der Waals surface area (Å²) in [5, 5.41) is -0.112. The number of benzene rings is 1. The first-order chi connectivity index (χ1) is 16.3. The first-order valence-corrected chi connectivity index (χ1v) is 13.1. The van der Waals surface area contributed by atoms with Gasteiger partial charge in [0.25, 0.3) is 0 Å². The van der Waals surface area contributed by atoms with Gasteiger partial charge in [0.05, 0.1) is 22.5 Å². The molecule has 3 heterocycles. The Bertz CT molecular complexity index is 1170. The number of alkyl halides is 3. The molecular formula is C22H23ClF5N3O3S. The zero-order valence-electron chi connectivity index (χ0n) is 18.7. The Hall–Kier alpha value is -2.02. The normalized spacial score (nSPS) is 19.1. The van der Waals surface area contributed by atoms with Crippen molar-refractivity contribution in [2.24, 2.45) is 0 Å². The van der Waals surface area contributed by atoms with Crippen LogP contribution >= 0.6 is 11.6 Å². The van der Waals surface area contributed by atoms with Crippen LogP contribution in [0, 0.1) is 11.6 Å². The summed E-state index contributed by atoms with van der Waals surface area (Å²) in [4.78, 5) is 5.57. The Kier molecular flexibility index (Phi) is 7.29. The lowest BCUT2D eigenvalue weighted by Gasteiger charge is -2.39. The lowest BCUT2D eigenvalue weighted by Crippen LogP contribution is -2.53. The fourth-order valence-electron chi connectivity index (χ4n) is 4.29. The number of aromatic nitrogens is 1. The lowest BCUT2D eigenvalue weighted by atomic mass is 9.90. The maximum absolute atomic E-state index is 14.7. The number of piperidine rings is 1. The number of likely N-dealkylation sites (tertiary alicyclic amines) is 1. The lowest BCUT2D eigenvalue weighted by molar-refractivity contribution is -0.137. The van der Waals surface area contributed by atoms with Crippen LogP contribution in [0.1, 0.15) is 35.6 Å². The van der Waals surface area contributed by atoms with E-state index >= 15 is 0 Å². The van der Waals surface area contributed by atoms with E-state index in [1.165, 1.54) is 16.4 Å². The van der Waals surface area contributed by atoms with Crippen molar-refractivity contribution < 1.29 is 35.1 Å². The van der Waals surface area contributed by atoms with Crippen molar-refractivity contribution in [3.63, 3.8) is 0 Å². The van der Waals surface area contributed by atoms with Gasteiger partial charge in [-0.3, -0.25) is 9.88 Å². The number of pyridine rings is 1. The van der Waals surface area contributed by atoms with E-state index in [0.717, 1.165) is 12.3 Å². The molecule has 2 aliphatic heterocycles. The number of nitrogens with zero attached hydrogens (tertiary/aromatic N) is 3. The highest BCUT2D eigenvalue weighted by Gasteiger charge is 2.34. The molecule has 2 fully saturated rings. The molecule has 0 amide bonds. The maximum atomic E-state index is 14.7. The molecule has 192 valence electrons. The third-order valence-electron chi connectivity index (χ3n) is 6.24. The van der Waals surface area contributed by atoms with Crippen LogP contribution in [0.15, 0.2) is 24.4 Å². The van der Waals surface area contributed by atoms with Crippen LogP contribution in [-0.2, 0) is 22.7 Å². The second kappa shape index (κ2) is 9.79. The molecule has 35 heavy (non-hydrogen) atoms. The molecule has 0 spiro atoms. The highest BCUT2D eigenvalue weighted by molar-refractivity contribution is 7.88. The summed E-state index contributed by atoms with van der Waals surface area (Å²) in [5.41, 5.74) is -0.216. The van der Waals surface area contributed by atoms with Crippen LogP contribution in [0.25, 0.3) is 0 Å². The summed E-state index contributed by atoms with van der Waals surface area (Å²) >= 11 is 5.93. The molecule has 2 aliphatic rings. The minimum atomic E-state index is -4.54. The van der Waals surface area contributed by atoms with E-state index in [9.17, 15) is 30.4 Å². The number of hydrogen-bond donors (Lipinski definition) is 0.